The van der Waals surface area contributed by atoms with Crippen molar-refractivity contribution in [1.82, 2.24) is 10.7 Å². The molecule has 0 fully saturated rings. The molecule has 2 aromatic rings. The summed E-state index contributed by atoms with van der Waals surface area (Å²) < 4.78 is 16.3. The van der Waals surface area contributed by atoms with E-state index in [4.69, 9.17) is 14.2 Å². The van der Waals surface area contributed by atoms with E-state index in [9.17, 15) is 9.59 Å². The summed E-state index contributed by atoms with van der Waals surface area (Å²) in [5, 5.41) is 6.38. The van der Waals surface area contributed by atoms with E-state index in [0.29, 0.717) is 22.8 Å². The van der Waals surface area contributed by atoms with Crippen LogP contribution < -0.4 is 25.0 Å². The number of rotatable bonds is 6. The molecule has 2 amide bonds. The van der Waals surface area contributed by atoms with E-state index in [2.05, 4.69) is 31.8 Å². The number of carbonyl (C=O) groups is 2. The molecule has 2 N–H and O–H groups in total. The van der Waals surface area contributed by atoms with Gasteiger partial charge in [0.1, 0.15) is 5.75 Å². The Kier molecular flexibility index (Phi) is 5.92. The highest BCUT2D eigenvalue weighted by Gasteiger charge is 2.16. The summed E-state index contributed by atoms with van der Waals surface area (Å²) in [6, 6.07) is 10.2. The maximum absolute atomic E-state index is 12.1. The molecule has 0 aromatic heterocycles. The fourth-order valence-corrected chi connectivity index (χ4v) is 2.84. The van der Waals surface area contributed by atoms with Gasteiger partial charge in [0, 0.05) is 5.56 Å². The number of benzene rings is 2. The Morgan fingerprint density at radius 3 is 2.81 bits per heavy atom. The first kappa shape index (κ1) is 18.7. The van der Waals surface area contributed by atoms with Gasteiger partial charge in [-0.3, -0.25) is 9.59 Å². The standard InChI is InChI=1S/C18H16BrN3O5/c1-25-14-4-2-11(6-13(14)19)8-21-22-17(23)9-20-18(24)12-3-5-15-16(7-12)27-10-26-15/h2-8H,9-10H2,1H3,(H,20,24)(H,22,23)/b21-8+. The highest BCUT2D eigenvalue weighted by Crippen LogP contribution is 2.32. The fourth-order valence-electron chi connectivity index (χ4n) is 2.28. The third kappa shape index (κ3) is 4.76. The Hall–Kier alpha value is -3.07. The molecule has 3 rings (SSSR count). The van der Waals surface area contributed by atoms with Crippen LogP contribution in [0.2, 0.25) is 0 Å². The molecule has 0 saturated carbocycles. The van der Waals surface area contributed by atoms with Crippen LogP contribution in [-0.2, 0) is 4.79 Å². The fraction of sp³-hybridized carbons (Fsp3) is 0.167. The maximum atomic E-state index is 12.1. The Morgan fingerprint density at radius 1 is 1.22 bits per heavy atom. The monoisotopic (exact) mass is 433 g/mol. The van der Waals surface area contributed by atoms with Crippen LogP contribution in [0.15, 0.2) is 46.0 Å². The minimum atomic E-state index is -0.451. The third-order valence-electron chi connectivity index (χ3n) is 3.62. The average Bonchev–Trinajstić information content (AvgIpc) is 3.14. The van der Waals surface area contributed by atoms with Crippen LogP contribution in [0.5, 0.6) is 17.2 Å². The molecule has 0 unspecified atom stereocenters. The molecule has 27 heavy (non-hydrogen) atoms. The number of nitrogens with one attached hydrogen (secondary N) is 2. The number of methoxy groups -OCH3 is 1. The third-order valence-corrected chi connectivity index (χ3v) is 4.24. The number of hydrogen-bond acceptors (Lipinski definition) is 6. The summed E-state index contributed by atoms with van der Waals surface area (Å²) in [5.41, 5.74) is 3.50. The molecule has 9 heteroatoms. The van der Waals surface area contributed by atoms with Crippen molar-refractivity contribution in [2.75, 3.05) is 20.4 Å². The predicted molar refractivity (Wildman–Crippen MR) is 101 cm³/mol. The first-order valence-electron chi connectivity index (χ1n) is 7.90. The number of hydrazone groups is 1. The molecule has 0 radical (unpaired) electrons. The first-order chi connectivity index (χ1) is 13.1. The molecular formula is C18H16BrN3O5. The quantitative estimate of drug-likeness (QED) is 0.536. The van der Waals surface area contributed by atoms with E-state index in [0.717, 1.165) is 10.0 Å². The van der Waals surface area contributed by atoms with Crippen molar-refractivity contribution in [3.8, 4) is 17.2 Å². The van der Waals surface area contributed by atoms with Gasteiger partial charge in [-0.05, 0) is 57.9 Å². The number of hydrogen-bond donors (Lipinski definition) is 2. The van der Waals surface area contributed by atoms with Crippen molar-refractivity contribution in [2.45, 2.75) is 0 Å². The minimum Gasteiger partial charge on any atom is -0.496 e. The molecule has 0 aliphatic carbocycles. The van der Waals surface area contributed by atoms with E-state index in [1.165, 1.54) is 6.21 Å². The molecule has 1 aliphatic rings. The molecule has 0 bridgehead atoms. The van der Waals surface area contributed by atoms with Gasteiger partial charge in [-0.15, -0.1) is 0 Å². The topological polar surface area (TPSA) is 98.2 Å². The molecule has 0 atom stereocenters. The van der Waals surface area contributed by atoms with E-state index in [1.807, 2.05) is 0 Å². The van der Waals surface area contributed by atoms with Gasteiger partial charge in [0.15, 0.2) is 11.5 Å². The number of amides is 2. The van der Waals surface area contributed by atoms with Gasteiger partial charge < -0.3 is 19.5 Å². The molecule has 0 saturated heterocycles. The minimum absolute atomic E-state index is 0.131. The Morgan fingerprint density at radius 2 is 2.04 bits per heavy atom. The molecule has 1 heterocycles. The van der Waals surface area contributed by atoms with Crippen LogP contribution in [-0.4, -0.2) is 38.5 Å². The highest BCUT2D eigenvalue weighted by atomic mass is 79.9. The van der Waals surface area contributed by atoms with Gasteiger partial charge in [0.2, 0.25) is 6.79 Å². The largest absolute Gasteiger partial charge is 0.496 e. The van der Waals surface area contributed by atoms with E-state index < -0.39 is 11.8 Å². The van der Waals surface area contributed by atoms with Gasteiger partial charge in [-0.2, -0.15) is 5.10 Å². The van der Waals surface area contributed by atoms with Gasteiger partial charge in [-0.25, -0.2) is 5.43 Å². The zero-order chi connectivity index (χ0) is 19.2. The number of ether oxygens (including phenoxy) is 3. The maximum Gasteiger partial charge on any atom is 0.259 e. The zero-order valence-corrected chi connectivity index (χ0v) is 15.9. The first-order valence-corrected chi connectivity index (χ1v) is 8.69. The number of fused-ring (bicyclic) bond motifs is 1. The number of halogens is 1. The van der Waals surface area contributed by atoms with Gasteiger partial charge >= 0.3 is 0 Å². The van der Waals surface area contributed by atoms with Gasteiger partial charge in [-0.1, -0.05) is 0 Å². The van der Waals surface area contributed by atoms with Crippen LogP contribution in [0, 0.1) is 0 Å². The molecule has 140 valence electrons. The normalized spacial score (nSPS) is 12.1. The lowest BCUT2D eigenvalue weighted by Gasteiger charge is -2.05. The smallest absolute Gasteiger partial charge is 0.259 e. The van der Waals surface area contributed by atoms with Crippen LogP contribution in [0.25, 0.3) is 0 Å². The summed E-state index contributed by atoms with van der Waals surface area (Å²) in [5.74, 6) is 0.938. The summed E-state index contributed by atoms with van der Waals surface area (Å²) in [7, 11) is 1.58. The molecule has 8 nitrogen and oxygen atoms in total. The Labute approximate surface area is 163 Å². The van der Waals surface area contributed by atoms with Crippen molar-refractivity contribution in [3.63, 3.8) is 0 Å². The van der Waals surface area contributed by atoms with Crippen molar-refractivity contribution in [3.05, 3.63) is 52.0 Å². The summed E-state index contributed by atoms with van der Waals surface area (Å²) in [6.07, 6.45) is 1.49. The van der Waals surface area contributed by atoms with Crippen molar-refractivity contribution < 1.29 is 23.8 Å². The SMILES string of the molecule is COc1ccc(/C=N/NC(=O)CNC(=O)c2ccc3c(c2)OCO3)cc1Br. The number of carbonyl (C=O) groups excluding carboxylic acids is 2. The number of nitrogens with zero attached hydrogens (tertiary/aromatic N) is 1. The van der Waals surface area contributed by atoms with Crippen molar-refractivity contribution in [2.24, 2.45) is 5.10 Å². The lowest BCUT2D eigenvalue weighted by atomic mass is 10.2. The van der Waals surface area contributed by atoms with Gasteiger partial charge in [0.05, 0.1) is 24.3 Å². The van der Waals surface area contributed by atoms with Crippen molar-refractivity contribution in [1.29, 1.82) is 0 Å². The lowest BCUT2D eigenvalue weighted by Crippen LogP contribution is -2.34. The molecule has 2 aromatic carbocycles. The zero-order valence-electron chi connectivity index (χ0n) is 14.3. The predicted octanol–water partition coefficient (Wildman–Crippen LogP) is 2.07. The van der Waals surface area contributed by atoms with Crippen LogP contribution in [0.4, 0.5) is 0 Å². The second kappa shape index (κ2) is 8.54. The van der Waals surface area contributed by atoms with E-state index in [1.54, 1.807) is 43.5 Å². The van der Waals surface area contributed by atoms with Crippen molar-refractivity contribution >= 4 is 34.0 Å². The second-order valence-electron chi connectivity index (χ2n) is 5.44. The van der Waals surface area contributed by atoms with Crippen LogP contribution in [0.1, 0.15) is 15.9 Å². The Bertz CT molecular complexity index is 901. The molecular weight excluding hydrogens is 418 g/mol. The highest BCUT2D eigenvalue weighted by molar-refractivity contribution is 9.10. The molecule has 1 aliphatic heterocycles. The lowest BCUT2D eigenvalue weighted by molar-refractivity contribution is -0.120. The molecule has 0 spiro atoms. The van der Waals surface area contributed by atoms with E-state index >= 15 is 0 Å². The average molecular weight is 434 g/mol. The van der Waals surface area contributed by atoms with Crippen LogP contribution >= 0.6 is 15.9 Å². The summed E-state index contributed by atoms with van der Waals surface area (Å²) in [6.45, 7) is -0.0808. The second-order valence-corrected chi connectivity index (χ2v) is 6.29. The summed E-state index contributed by atoms with van der Waals surface area (Å²) in [4.78, 5) is 23.9. The van der Waals surface area contributed by atoms with Crippen LogP contribution in [0.3, 0.4) is 0 Å². The summed E-state index contributed by atoms with van der Waals surface area (Å²) >= 11 is 3.37. The Balaban J connectivity index is 1.48. The van der Waals surface area contributed by atoms with Gasteiger partial charge in [0.25, 0.3) is 11.8 Å². The van der Waals surface area contributed by atoms with E-state index in [-0.39, 0.29) is 13.3 Å².